The number of hydrogen-bond acceptors (Lipinski definition) is 9. The molecule has 1 aromatic rings. The number of unbranched alkanes of at least 4 members (excludes halogenated alkanes) is 8. The monoisotopic (exact) mass is 589 g/mol. The number of nitrogens with two attached hydrogens (primary N) is 2. The topological polar surface area (TPSA) is 119 Å². The summed E-state index contributed by atoms with van der Waals surface area (Å²) < 4.78 is 32.5. The summed E-state index contributed by atoms with van der Waals surface area (Å²) in [7, 11) is 5.19. The molecule has 0 heterocycles. The molecule has 0 fully saturated rings. The van der Waals surface area contributed by atoms with E-state index in [4.69, 9.17) is 38.0 Å². The Bertz CT molecular complexity index is 649. The van der Waals surface area contributed by atoms with Crippen LogP contribution in [0.3, 0.4) is 0 Å². The lowest BCUT2D eigenvalue weighted by Crippen LogP contribution is -2.43. The Labute approximate surface area is 241 Å². The van der Waals surface area contributed by atoms with E-state index < -0.39 is 17.6 Å². The van der Waals surface area contributed by atoms with Crippen molar-refractivity contribution in [2.75, 3.05) is 62.3 Å². The second-order valence-electron chi connectivity index (χ2n) is 9.59. The molecule has 0 spiro atoms. The normalized spacial score (nSPS) is 11.9. The molecule has 9 nitrogen and oxygen atoms in total. The van der Waals surface area contributed by atoms with E-state index in [1.165, 1.54) is 62.5 Å². The molecule has 0 aliphatic carbocycles. The summed E-state index contributed by atoms with van der Waals surface area (Å²) in [4.78, 5) is 0. The van der Waals surface area contributed by atoms with Crippen molar-refractivity contribution in [3.8, 4) is 0 Å². The summed E-state index contributed by atoms with van der Waals surface area (Å²) in [6.45, 7) is 3.19. The van der Waals surface area contributed by atoms with Gasteiger partial charge in [0.1, 0.15) is 0 Å². The van der Waals surface area contributed by atoms with Crippen LogP contribution in [0.15, 0.2) is 24.3 Å². The van der Waals surface area contributed by atoms with Crippen molar-refractivity contribution in [2.24, 2.45) is 11.5 Å². The van der Waals surface area contributed by atoms with E-state index in [1.807, 2.05) is 0 Å². The first-order valence-corrected chi connectivity index (χ1v) is 18.3. The van der Waals surface area contributed by atoms with Crippen LogP contribution in [0.2, 0.25) is 12.1 Å². The molecule has 0 amide bonds. The van der Waals surface area contributed by atoms with Gasteiger partial charge in [-0.1, -0.05) is 69.2 Å². The number of rotatable bonds is 24. The van der Waals surface area contributed by atoms with E-state index in [0.29, 0.717) is 6.54 Å². The Kier molecular flexibility index (Phi) is 24.6. The van der Waals surface area contributed by atoms with Crippen LogP contribution in [-0.2, 0) is 39.5 Å². The van der Waals surface area contributed by atoms with Crippen molar-refractivity contribution < 1.29 is 26.6 Å². The van der Waals surface area contributed by atoms with Crippen LogP contribution in [0.1, 0.15) is 68.9 Å². The first-order valence-electron chi connectivity index (χ1n) is 14.4. The van der Waals surface area contributed by atoms with Crippen molar-refractivity contribution in [3.63, 3.8) is 0 Å². The number of hydrogen-bond donors (Lipinski definition) is 3. The number of benzene rings is 1. The van der Waals surface area contributed by atoms with Gasteiger partial charge in [-0.15, -0.1) is 0 Å². The van der Waals surface area contributed by atoms with E-state index >= 15 is 0 Å². The quantitative estimate of drug-likeness (QED) is 0.118. The van der Waals surface area contributed by atoms with Gasteiger partial charge >= 0.3 is 17.6 Å². The summed E-state index contributed by atoms with van der Waals surface area (Å²) in [5, 5.41) is 3.28. The molecule has 0 unspecified atom stereocenters. The molecule has 0 bridgehead atoms. The maximum absolute atomic E-state index is 5.47. The van der Waals surface area contributed by atoms with Crippen molar-refractivity contribution in [1.82, 2.24) is 5.32 Å². The Morgan fingerprint density at radius 1 is 0.538 bits per heavy atom. The summed E-state index contributed by atoms with van der Waals surface area (Å²) in [5.74, 6) is 0. The zero-order valence-corrected chi connectivity index (χ0v) is 27.7. The molecule has 0 saturated carbocycles. The Morgan fingerprint density at radius 3 is 1.38 bits per heavy atom. The van der Waals surface area contributed by atoms with Crippen molar-refractivity contribution in [1.29, 1.82) is 0 Å². The van der Waals surface area contributed by atoms with Crippen LogP contribution in [0.25, 0.3) is 0 Å². The maximum Gasteiger partial charge on any atom is 0.500 e. The summed E-state index contributed by atoms with van der Waals surface area (Å²) in [5.41, 5.74) is 13.4. The molecule has 230 valence electrons. The third-order valence-corrected chi connectivity index (χ3v) is 12.5. The average molecular weight is 590 g/mol. The second kappa shape index (κ2) is 25.0. The van der Waals surface area contributed by atoms with Crippen LogP contribution < -0.4 is 16.8 Å². The van der Waals surface area contributed by atoms with Crippen LogP contribution in [0.4, 0.5) is 0 Å². The van der Waals surface area contributed by atoms with Crippen LogP contribution >= 0.6 is 0 Å². The van der Waals surface area contributed by atoms with Gasteiger partial charge in [-0.3, -0.25) is 0 Å². The van der Waals surface area contributed by atoms with Gasteiger partial charge in [0.2, 0.25) is 0 Å². The molecule has 1 rings (SSSR count). The molecule has 11 heteroatoms. The van der Waals surface area contributed by atoms with Gasteiger partial charge in [0.05, 0.1) is 0 Å². The molecule has 1 aromatic carbocycles. The second-order valence-corrected chi connectivity index (χ2v) is 15.8. The fourth-order valence-corrected chi connectivity index (χ4v) is 7.79. The predicted molar refractivity (Wildman–Crippen MR) is 165 cm³/mol. The van der Waals surface area contributed by atoms with E-state index in [0.717, 1.165) is 44.6 Å². The molecule has 0 radical (unpaired) electrons. The van der Waals surface area contributed by atoms with Crippen LogP contribution in [0, 0.1) is 0 Å². The largest absolute Gasteiger partial charge is 0.500 e. The molecule has 5 N–H and O–H groups in total. The van der Waals surface area contributed by atoms with Gasteiger partial charge in [0.25, 0.3) is 0 Å². The first-order chi connectivity index (χ1) is 18.9. The van der Waals surface area contributed by atoms with Gasteiger partial charge in [-0.25, -0.2) is 0 Å². The van der Waals surface area contributed by atoms with Crippen molar-refractivity contribution in [2.45, 2.75) is 82.8 Å². The molecule has 0 aliphatic rings. The smallest absolute Gasteiger partial charge is 0.377 e. The Morgan fingerprint density at radius 2 is 0.949 bits per heavy atom. The van der Waals surface area contributed by atoms with Crippen molar-refractivity contribution >= 4 is 17.6 Å². The zero-order valence-electron chi connectivity index (χ0n) is 25.7. The highest BCUT2D eigenvalue weighted by atomic mass is 28.4. The fraction of sp³-hybridized carbons (Fsp3) is 0.786. The lowest BCUT2D eigenvalue weighted by molar-refractivity contribution is 0.122. The maximum atomic E-state index is 5.47. The Balaban J connectivity index is 0.000000742. The fourth-order valence-electron chi connectivity index (χ4n) is 4.29. The van der Waals surface area contributed by atoms with E-state index in [1.54, 1.807) is 42.7 Å². The van der Waals surface area contributed by atoms with Gasteiger partial charge in [0, 0.05) is 74.4 Å². The minimum atomic E-state index is -2.47. The van der Waals surface area contributed by atoms with Crippen molar-refractivity contribution in [3.05, 3.63) is 35.4 Å². The standard InChI is InChI=1S/C14H26N2O3Si.C14H33NO3Si/c1-17-20(18-2,19-3)11-8-13-4-6-14(7-5-13)12-16-10-9-15;1-16-19(17-2,18-3)14-12-10-8-6-4-5-7-9-11-13-15/h4-7,16H,8-12,15H2,1-3H3;4-15H2,1-3H3. The Hall–Kier alpha value is -0.706. The van der Waals surface area contributed by atoms with Gasteiger partial charge < -0.3 is 43.3 Å². The number of nitrogens with one attached hydrogen (secondary N) is 1. The van der Waals surface area contributed by atoms with E-state index in [2.05, 4.69) is 29.6 Å². The van der Waals surface area contributed by atoms with Crippen LogP contribution in [0.5, 0.6) is 0 Å². The molecular formula is C28H59N3O6Si2. The average Bonchev–Trinajstić information content (AvgIpc) is 2.98. The zero-order chi connectivity index (χ0) is 29.2. The molecular weight excluding hydrogens is 530 g/mol. The highest BCUT2D eigenvalue weighted by Gasteiger charge is 2.37. The predicted octanol–water partition coefficient (Wildman–Crippen LogP) is 4.49. The van der Waals surface area contributed by atoms with E-state index in [-0.39, 0.29) is 0 Å². The third-order valence-electron chi connectivity index (χ3n) is 6.95. The molecule has 0 aliphatic heterocycles. The van der Waals surface area contributed by atoms with Crippen LogP contribution in [-0.4, -0.2) is 79.9 Å². The minimum absolute atomic E-state index is 0.663. The molecule has 0 aromatic heterocycles. The van der Waals surface area contributed by atoms with Gasteiger partial charge in [-0.05, 0) is 36.9 Å². The highest BCUT2D eigenvalue weighted by Crippen LogP contribution is 2.19. The lowest BCUT2D eigenvalue weighted by atomic mass is 10.1. The van der Waals surface area contributed by atoms with Gasteiger partial charge in [0.15, 0.2) is 0 Å². The lowest BCUT2D eigenvalue weighted by Gasteiger charge is -2.24. The molecule has 39 heavy (non-hydrogen) atoms. The summed E-state index contributed by atoms with van der Waals surface area (Å²) in [6.07, 6.45) is 12.4. The first kappa shape index (κ1) is 38.3. The molecule has 0 saturated heterocycles. The summed E-state index contributed by atoms with van der Waals surface area (Å²) >= 11 is 0. The SMILES string of the molecule is CO[Si](CCCCCCCCCCCN)(OC)OC.CO[Si](CCc1ccc(CNCCN)cc1)(OC)OC. The van der Waals surface area contributed by atoms with Gasteiger partial charge in [-0.2, -0.15) is 0 Å². The van der Waals surface area contributed by atoms with E-state index in [9.17, 15) is 0 Å². The molecule has 0 atom stereocenters. The number of aryl methyl sites for hydroxylation is 1. The minimum Gasteiger partial charge on any atom is -0.377 e. The highest BCUT2D eigenvalue weighted by molar-refractivity contribution is 6.60. The third kappa shape index (κ3) is 17.7. The summed E-state index contributed by atoms with van der Waals surface area (Å²) in [6, 6.07) is 10.2.